The summed E-state index contributed by atoms with van der Waals surface area (Å²) in [7, 11) is 0. The largest absolute Gasteiger partial charge is 0.492 e. The van der Waals surface area contributed by atoms with Crippen molar-refractivity contribution in [3.05, 3.63) is 26.7 Å². The second-order valence-electron chi connectivity index (χ2n) is 4.18. The summed E-state index contributed by atoms with van der Waals surface area (Å²) < 4.78 is 13.5. The van der Waals surface area contributed by atoms with E-state index in [1.54, 1.807) is 4.98 Å². The minimum atomic E-state index is -1.49. The van der Waals surface area contributed by atoms with Crippen molar-refractivity contribution in [2.75, 3.05) is 6.54 Å². The lowest BCUT2D eigenvalue weighted by molar-refractivity contribution is -0.122. The van der Waals surface area contributed by atoms with Crippen LogP contribution in [0.4, 0.5) is 4.39 Å². The van der Waals surface area contributed by atoms with Crippen LogP contribution in [0.1, 0.15) is 13.8 Å². The van der Waals surface area contributed by atoms with E-state index in [2.05, 4.69) is 5.32 Å². The van der Waals surface area contributed by atoms with Crippen LogP contribution in [0.15, 0.2) is 9.59 Å². The zero-order chi connectivity index (χ0) is 13.9. The average molecular weight is 259 g/mol. The Balaban J connectivity index is 2.92. The van der Waals surface area contributed by atoms with Gasteiger partial charge in [0.05, 0.1) is 0 Å². The second-order valence-corrected chi connectivity index (χ2v) is 4.18. The number of carbonyl (C=O) groups is 1. The molecule has 1 aromatic rings. The van der Waals surface area contributed by atoms with E-state index in [1.165, 1.54) is 0 Å². The third-order valence-corrected chi connectivity index (χ3v) is 2.13. The third-order valence-electron chi connectivity index (χ3n) is 2.13. The molecule has 0 aliphatic heterocycles. The zero-order valence-electron chi connectivity index (χ0n) is 9.99. The van der Waals surface area contributed by atoms with Gasteiger partial charge in [0.1, 0.15) is 6.54 Å². The Hall–Kier alpha value is -2.12. The van der Waals surface area contributed by atoms with Crippen LogP contribution >= 0.6 is 0 Å². The van der Waals surface area contributed by atoms with Gasteiger partial charge >= 0.3 is 5.69 Å². The number of rotatable bonds is 4. The highest BCUT2D eigenvalue weighted by molar-refractivity contribution is 5.75. The summed E-state index contributed by atoms with van der Waals surface area (Å²) in [6.45, 7) is 3.58. The van der Waals surface area contributed by atoms with Gasteiger partial charge < -0.3 is 10.4 Å². The molecule has 1 heterocycles. The van der Waals surface area contributed by atoms with E-state index in [-0.39, 0.29) is 5.92 Å². The Bertz CT molecular complexity index is 561. The van der Waals surface area contributed by atoms with Crippen molar-refractivity contribution < 1.29 is 14.3 Å². The summed E-state index contributed by atoms with van der Waals surface area (Å²) >= 11 is 0. The molecule has 0 radical (unpaired) electrons. The van der Waals surface area contributed by atoms with Gasteiger partial charge in [-0.3, -0.25) is 19.1 Å². The molecule has 18 heavy (non-hydrogen) atoms. The molecule has 1 aromatic heterocycles. The van der Waals surface area contributed by atoms with Crippen LogP contribution in [0.25, 0.3) is 0 Å². The molecule has 3 N–H and O–H groups in total. The smallest absolute Gasteiger partial charge is 0.331 e. The lowest BCUT2D eigenvalue weighted by atomic mass is 10.2. The van der Waals surface area contributed by atoms with E-state index in [1.807, 2.05) is 13.8 Å². The first-order chi connectivity index (χ1) is 8.32. The Morgan fingerprint density at radius 1 is 1.50 bits per heavy atom. The molecule has 0 unspecified atom stereocenters. The second kappa shape index (κ2) is 5.48. The molecule has 0 aliphatic carbocycles. The molecule has 8 heteroatoms. The lowest BCUT2D eigenvalue weighted by Gasteiger charge is -2.10. The fraction of sp³-hybridized carbons (Fsp3) is 0.500. The predicted octanol–water partition coefficient (Wildman–Crippen LogP) is -0.847. The first kappa shape index (κ1) is 13.9. The van der Waals surface area contributed by atoms with Crippen molar-refractivity contribution in [1.82, 2.24) is 14.9 Å². The van der Waals surface area contributed by atoms with Crippen LogP contribution in [0, 0.1) is 11.7 Å². The molecule has 1 rings (SSSR count). The minimum absolute atomic E-state index is 0.214. The number of hydrogen-bond donors (Lipinski definition) is 3. The molecule has 0 aliphatic rings. The predicted molar refractivity (Wildman–Crippen MR) is 60.8 cm³/mol. The van der Waals surface area contributed by atoms with Gasteiger partial charge in [0.25, 0.3) is 5.56 Å². The molecule has 1 amide bonds. The van der Waals surface area contributed by atoms with E-state index in [9.17, 15) is 23.9 Å². The highest BCUT2D eigenvalue weighted by atomic mass is 19.1. The van der Waals surface area contributed by atoms with E-state index >= 15 is 0 Å². The van der Waals surface area contributed by atoms with Gasteiger partial charge in [-0.2, -0.15) is 4.39 Å². The molecule has 0 aromatic carbocycles. The number of aromatic hydroxyl groups is 1. The van der Waals surface area contributed by atoms with Gasteiger partial charge in [-0.15, -0.1) is 0 Å². The number of nitrogens with zero attached hydrogens (tertiary/aromatic N) is 1. The van der Waals surface area contributed by atoms with Crippen molar-refractivity contribution >= 4 is 5.91 Å². The standard InChI is InChI=1S/C10H14FN3O4/c1-5(2)3-12-6(15)4-14-9(17)7(11)8(16)13-10(14)18/h5,17H,3-4H2,1-2H3,(H,12,15)(H,13,16,18). The molecular weight excluding hydrogens is 245 g/mol. The maximum Gasteiger partial charge on any atom is 0.331 e. The highest BCUT2D eigenvalue weighted by Gasteiger charge is 2.15. The molecule has 0 fully saturated rings. The van der Waals surface area contributed by atoms with Gasteiger partial charge in [-0.1, -0.05) is 13.8 Å². The van der Waals surface area contributed by atoms with Crippen LogP contribution in [-0.2, 0) is 11.3 Å². The van der Waals surface area contributed by atoms with Crippen molar-refractivity contribution in [3.8, 4) is 5.88 Å². The van der Waals surface area contributed by atoms with Crippen molar-refractivity contribution in [2.24, 2.45) is 5.92 Å². The van der Waals surface area contributed by atoms with Gasteiger partial charge in [0.2, 0.25) is 17.6 Å². The van der Waals surface area contributed by atoms with Crippen LogP contribution < -0.4 is 16.6 Å². The summed E-state index contributed by atoms with van der Waals surface area (Å²) in [6, 6.07) is 0. The summed E-state index contributed by atoms with van der Waals surface area (Å²) in [5.41, 5.74) is -2.37. The number of amides is 1. The average Bonchev–Trinajstić information content (AvgIpc) is 2.29. The SMILES string of the molecule is CC(C)CNC(=O)Cn1c(O)c(F)c(=O)[nH]c1=O. The molecule has 100 valence electrons. The van der Waals surface area contributed by atoms with E-state index in [4.69, 9.17) is 0 Å². The summed E-state index contributed by atoms with van der Waals surface area (Å²) in [6.07, 6.45) is 0. The van der Waals surface area contributed by atoms with E-state index < -0.39 is 35.4 Å². The number of carbonyl (C=O) groups excluding carboxylic acids is 1. The van der Waals surface area contributed by atoms with Crippen LogP contribution in [0.5, 0.6) is 5.88 Å². The zero-order valence-corrected chi connectivity index (χ0v) is 9.99. The maximum absolute atomic E-state index is 13.1. The molecular formula is C10H14FN3O4. The topological polar surface area (TPSA) is 104 Å². The van der Waals surface area contributed by atoms with Gasteiger partial charge in [0, 0.05) is 6.54 Å². The first-order valence-electron chi connectivity index (χ1n) is 5.31. The number of aromatic nitrogens is 2. The highest BCUT2D eigenvalue weighted by Crippen LogP contribution is 2.06. The quantitative estimate of drug-likeness (QED) is 0.655. The van der Waals surface area contributed by atoms with Gasteiger partial charge in [-0.25, -0.2) is 4.79 Å². The summed E-state index contributed by atoms with van der Waals surface area (Å²) in [4.78, 5) is 35.2. The number of aromatic amines is 1. The summed E-state index contributed by atoms with van der Waals surface area (Å²) in [5.74, 6) is -2.99. The third kappa shape index (κ3) is 3.19. The van der Waals surface area contributed by atoms with Crippen molar-refractivity contribution in [2.45, 2.75) is 20.4 Å². The number of halogens is 1. The van der Waals surface area contributed by atoms with E-state index in [0.717, 1.165) is 0 Å². The Labute approximate surface area is 101 Å². The number of hydrogen-bond acceptors (Lipinski definition) is 4. The fourth-order valence-electron chi connectivity index (χ4n) is 1.20. The molecule has 0 bridgehead atoms. The lowest BCUT2D eigenvalue weighted by Crippen LogP contribution is -2.38. The van der Waals surface area contributed by atoms with Gasteiger partial charge in [-0.05, 0) is 5.92 Å². The normalized spacial score (nSPS) is 10.7. The Morgan fingerprint density at radius 3 is 2.67 bits per heavy atom. The monoisotopic (exact) mass is 259 g/mol. The Morgan fingerprint density at radius 2 is 2.11 bits per heavy atom. The van der Waals surface area contributed by atoms with Crippen LogP contribution in [-0.4, -0.2) is 27.1 Å². The van der Waals surface area contributed by atoms with E-state index in [0.29, 0.717) is 11.1 Å². The summed E-state index contributed by atoms with van der Waals surface area (Å²) in [5, 5.41) is 11.8. The minimum Gasteiger partial charge on any atom is -0.492 e. The fourth-order valence-corrected chi connectivity index (χ4v) is 1.20. The maximum atomic E-state index is 13.1. The molecule has 7 nitrogen and oxygen atoms in total. The van der Waals surface area contributed by atoms with Crippen molar-refractivity contribution in [1.29, 1.82) is 0 Å². The Kier molecular flexibility index (Phi) is 4.24. The molecule has 0 saturated heterocycles. The van der Waals surface area contributed by atoms with Crippen molar-refractivity contribution in [3.63, 3.8) is 0 Å². The number of H-pyrrole nitrogens is 1. The first-order valence-corrected chi connectivity index (χ1v) is 5.31. The van der Waals surface area contributed by atoms with Crippen LogP contribution in [0.2, 0.25) is 0 Å². The number of nitrogens with one attached hydrogen (secondary N) is 2. The van der Waals surface area contributed by atoms with Crippen LogP contribution in [0.3, 0.4) is 0 Å². The molecule has 0 saturated carbocycles. The molecule has 0 spiro atoms. The van der Waals surface area contributed by atoms with Gasteiger partial charge in [0.15, 0.2) is 0 Å². The molecule has 0 atom stereocenters.